The first-order chi connectivity index (χ1) is 13.8. The third kappa shape index (κ3) is 3.65. The molecule has 2 unspecified atom stereocenters. The Balaban J connectivity index is 1.19. The predicted molar refractivity (Wildman–Crippen MR) is 117 cm³/mol. The molecular formula is C26H38N2O. The third-order valence-electron chi connectivity index (χ3n) is 8.69. The molecule has 5 fully saturated rings. The van der Waals surface area contributed by atoms with Crippen molar-refractivity contribution in [2.45, 2.75) is 84.7 Å². The van der Waals surface area contributed by atoms with Gasteiger partial charge in [0, 0.05) is 25.7 Å². The molecule has 1 amide bonds. The molecule has 1 aromatic carbocycles. The van der Waals surface area contributed by atoms with Gasteiger partial charge in [0.05, 0.1) is 5.41 Å². The van der Waals surface area contributed by atoms with Crippen molar-refractivity contribution in [2.24, 2.45) is 22.2 Å². The van der Waals surface area contributed by atoms with Gasteiger partial charge in [-0.15, -0.1) is 0 Å². The first kappa shape index (κ1) is 19.6. The number of hydrogen-bond acceptors (Lipinski definition) is 2. The second-order valence-electron chi connectivity index (χ2n) is 11.9. The molecule has 0 spiro atoms. The highest BCUT2D eigenvalue weighted by atomic mass is 16.2. The van der Waals surface area contributed by atoms with Gasteiger partial charge in [0.2, 0.25) is 5.91 Å². The Bertz CT molecular complexity index is 776. The molecule has 1 heterocycles. The fraction of sp³-hybridized carbons (Fsp3) is 0.731. The summed E-state index contributed by atoms with van der Waals surface area (Å²) in [5.74, 6) is 1.18. The molecule has 1 aromatic rings. The van der Waals surface area contributed by atoms with Gasteiger partial charge < -0.3 is 5.32 Å². The van der Waals surface area contributed by atoms with Gasteiger partial charge in [-0.1, -0.05) is 38.1 Å². The number of benzene rings is 1. The molecule has 1 saturated heterocycles. The molecule has 3 nitrogen and oxygen atoms in total. The van der Waals surface area contributed by atoms with Crippen molar-refractivity contribution in [1.82, 2.24) is 10.2 Å². The Morgan fingerprint density at radius 2 is 1.69 bits per heavy atom. The van der Waals surface area contributed by atoms with Crippen LogP contribution in [0.15, 0.2) is 24.3 Å². The van der Waals surface area contributed by atoms with Crippen molar-refractivity contribution in [1.29, 1.82) is 0 Å². The van der Waals surface area contributed by atoms with Crippen LogP contribution < -0.4 is 5.32 Å². The SMILES string of the molecule is Cc1ccccc1CN1CCC(NC(=O)C23CC4CC(C)(CC(C)(C4)C2)C3)CC1. The van der Waals surface area contributed by atoms with Crippen molar-refractivity contribution < 1.29 is 4.79 Å². The lowest BCUT2D eigenvalue weighted by Gasteiger charge is -2.64. The van der Waals surface area contributed by atoms with E-state index in [1.807, 2.05) is 0 Å². The second kappa shape index (κ2) is 6.83. The van der Waals surface area contributed by atoms with E-state index in [0.717, 1.165) is 57.7 Å². The van der Waals surface area contributed by atoms with Gasteiger partial charge in [-0.25, -0.2) is 0 Å². The van der Waals surface area contributed by atoms with E-state index in [9.17, 15) is 4.79 Å². The lowest BCUT2D eigenvalue weighted by Crippen LogP contribution is -2.61. The van der Waals surface area contributed by atoms with Crippen LogP contribution in [-0.2, 0) is 11.3 Å². The average molecular weight is 395 g/mol. The van der Waals surface area contributed by atoms with Crippen LogP contribution in [0.3, 0.4) is 0 Å². The number of hydrogen-bond donors (Lipinski definition) is 1. The van der Waals surface area contributed by atoms with E-state index in [1.165, 1.54) is 30.4 Å². The highest BCUT2D eigenvalue weighted by molar-refractivity contribution is 5.83. The number of amides is 1. The highest BCUT2D eigenvalue weighted by Gasteiger charge is 2.62. The number of aryl methyl sites for hydroxylation is 1. The van der Waals surface area contributed by atoms with Crippen molar-refractivity contribution >= 4 is 5.91 Å². The number of carbonyl (C=O) groups excluding carboxylic acids is 1. The van der Waals surface area contributed by atoms with Crippen LogP contribution in [0.5, 0.6) is 0 Å². The van der Waals surface area contributed by atoms with Crippen LogP contribution in [0.2, 0.25) is 0 Å². The van der Waals surface area contributed by atoms with Crippen molar-refractivity contribution in [3.05, 3.63) is 35.4 Å². The van der Waals surface area contributed by atoms with Gasteiger partial charge in [0.1, 0.15) is 0 Å². The maximum absolute atomic E-state index is 13.5. The topological polar surface area (TPSA) is 32.3 Å². The highest BCUT2D eigenvalue weighted by Crippen LogP contribution is 2.69. The minimum absolute atomic E-state index is 0.0683. The van der Waals surface area contributed by atoms with E-state index in [1.54, 1.807) is 0 Å². The molecular weight excluding hydrogens is 356 g/mol. The average Bonchev–Trinajstić information content (AvgIpc) is 2.62. The van der Waals surface area contributed by atoms with Crippen molar-refractivity contribution in [2.75, 3.05) is 13.1 Å². The lowest BCUT2D eigenvalue weighted by atomic mass is 9.40. The molecule has 3 heteroatoms. The van der Waals surface area contributed by atoms with Gasteiger partial charge >= 0.3 is 0 Å². The molecule has 4 saturated carbocycles. The molecule has 29 heavy (non-hydrogen) atoms. The maximum Gasteiger partial charge on any atom is 0.226 e. The minimum Gasteiger partial charge on any atom is -0.353 e. The molecule has 4 bridgehead atoms. The smallest absolute Gasteiger partial charge is 0.226 e. The zero-order valence-electron chi connectivity index (χ0n) is 18.6. The summed E-state index contributed by atoms with van der Waals surface area (Å²) in [6.45, 7) is 10.3. The van der Waals surface area contributed by atoms with E-state index >= 15 is 0 Å². The number of nitrogens with one attached hydrogen (secondary N) is 1. The molecule has 158 valence electrons. The standard InChI is InChI=1S/C26H38N2O/c1-19-6-4-5-7-21(19)15-28-10-8-22(9-11-28)27-23(29)26-14-20-12-24(2,17-26)16-25(3,13-20)18-26/h4-7,20,22H,8-18H2,1-3H3,(H,27,29). The molecule has 6 rings (SSSR count). The van der Waals surface area contributed by atoms with Crippen LogP contribution in [-0.4, -0.2) is 29.9 Å². The number of carbonyl (C=O) groups is 1. The molecule has 5 aliphatic rings. The van der Waals surface area contributed by atoms with Crippen LogP contribution >= 0.6 is 0 Å². The van der Waals surface area contributed by atoms with Gasteiger partial charge in [-0.2, -0.15) is 0 Å². The van der Waals surface area contributed by atoms with E-state index in [-0.39, 0.29) is 5.41 Å². The summed E-state index contributed by atoms with van der Waals surface area (Å²) >= 11 is 0. The Morgan fingerprint density at radius 1 is 1.03 bits per heavy atom. The molecule has 0 radical (unpaired) electrons. The van der Waals surface area contributed by atoms with Gasteiger partial charge in [-0.05, 0) is 86.2 Å². The molecule has 2 atom stereocenters. The largest absolute Gasteiger partial charge is 0.353 e. The summed E-state index contributed by atoms with van der Waals surface area (Å²) in [5.41, 5.74) is 3.56. The molecule has 1 aliphatic heterocycles. The molecule has 1 N–H and O–H groups in total. The zero-order chi connectivity index (χ0) is 20.3. The monoisotopic (exact) mass is 394 g/mol. The minimum atomic E-state index is -0.0683. The van der Waals surface area contributed by atoms with Gasteiger partial charge in [0.25, 0.3) is 0 Å². The maximum atomic E-state index is 13.5. The Morgan fingerprint density at radius 3 is 2.31 bits per heavy atom. The number of piperidine rings is 1. The second-order valence-corrected chi connectivity index (χ2v) is 11.9. The quantitative estimate of drug-likeness (QED) is 0.773. The van der Waals surface area contributed by atoms with E-state index in [2.05, 4.69) is 55.3 Å². The number of likely N-dealkylation sites (tertiary alicyclic amines) is 1. The first-order valence-corrected chi connectivity index (χ1v) is 11.8. The van der Waals surface area contributed by atoms with Gasteiger partial charge in [-0.3, -0.25) is 9.69 Å². The third-order valence-corrected chi connectivity index (χ3v) is 8.69. The van der Waals surface area contributed by atoms with E-state index < -0.39 is 0 Å². The number of nitrogens with zero attached hydrogens (tertiary/aromatic N) is 1. The Labute approximate surface area is 176 Å². The van der Waals surface area contributed by atoms with Crippen LogP contribution in [0.4, 0.5) is 0 Å². The summed E-state index contributed by atoms with van der Waals surface area (Å²) in [5, 5.41) is 3.54. The summed E-state index contributed by atoms with van der Waals surface area (Å²) in [4.78, 5) is 16.1. The van der Waals surface area contributed by atoms with Crippen LogP contribution in [0.1, 0.15) is 76.3 Å². The molecule has 4 aliphatic carbocycles. The van der Waals surface area contributed by atoms with Crippen LogP contribution in [0, 0.1) is 29.1 Å². The van der Waals surface area contributed by atoms with E-state index in [4.69, 9.17) is 0 Å². The Kier molecular flexibility index (Phi) is 4.62. The summed E-state index contributed by atoms with van der Waals surface area (Å²) in [7, 11) is 0. The number of rotatable bonds is 4. The van der Waals surface area contributed by atoms with Crippen LogP contribution in [0.25, 0.3) is 0 Å². The fourth-order valence-corrected chi connectivity index (χ4v) is 8.30. The van der Waals surface area contributed by atoms with Crippen molar-refractivity contribution in [3.8, 4) is 0 Å². The van der Waals surface area contributed by atoms with Gasteiger partial charge in [0.15, 0.2) is 0 Å². The lowest BCUT2D eigenvalue weighted by molar-refractivity contribution is -0.171. The Hall–Kier alpha value is -1.35. The summed E-state index contributed by atoms with van der Waals surface area (Å²) in [6, 6.07) is 9.07. The summed E-state index contributed by atoms with van der Waals surface area (Å²) < 4.78 is 0. The normalized spacial score (nSPS) is 39.6. The summed E-state index contributed by atoms with van der Waals surface area (Å²) in [6.07, 6.45) is 9.63. The molecule has 0 aromatic heterocycles. The fourth-order valence-electron chi connectivity index (χ4n) is 8.30. The van der Waals surface area contributed by atoms with Crippen molar-refractivity contribution in [3.63, 3.8) is 0 Å². The zero-order valence-corrected chi connectivity index (χ0v) is 18.6. The predicted octanol–water partition coefficient (Wildman–Crippen LogP) is 5.07. The first-order valence-electron chi connectivity index (χ1n) is 11.8. The van der Waals surface area contributed by atoms with E-state index in [0.29, 0.717) is 22.8 Å².